The van der Waals surface area contributed by atoms with Crippen molar-refractivity contribution in [2.75, 3.05) is 26.2 Å². The highest BCUT2D eigenvalue weighted by molar-refractivity contribution is 5.76. The molecule has 0 aliphatic carbocycles. The molecule has 1 unspecified atom stereocenters. The lowest BCUT2D eigenvalue weighted by molar-refractivity contribution is -0.121. The van der Waals surface area contributed by atoms with E-state index < -0.39 is 0 Å². The van der Waals surface area contributed by atoms with E-state index in [-0.39, 0.29) is 11.9 Å². The second kappa shape index (κ2) is 5.98. The Labute approximate surface area is 85.8 Å². The number of nitrogens with zero attached hydrogens (tertiary/aromatic N) is 1. The Morgan fingerprint density at radius 1 is 1.50 bits per heavy atom. The normalized spacial score (nSPS) is 19.6. The molecule has 0 bridgehead atoms. The van der Waals surface area contributed by atoms with Gasteiger partial charge in [-0.1, -0.05) is 0 Å². The van der Waals surface area contributed by atoms with E-state index >= 15 is 0 Å². The molecule has 4 nitrogen and oxygen atoms in total. The fourth-order valence-corrected chi connectivity index (χ4v) is 1.63. The largest absolute Gasteiger partial charge is 0.355 e. The number of carbonyl (C=O) groups excluding carboxylic acids is 1. The average Bonchev–Trinajstić information content (AvgIpc) is 2.63. The summed E-state index contributed by atoms with van der Waals surface area (Å²) in [6.07, 6.45) is 3.16. The molecule has 0 aromatic carbocycles. The number of amides is 1. The highest BCUT2D eigenvalue weighted by atomic mass is 16.1. The molecule has 0 aromatic heterocycles. The molecular formula is C10H21N3O. The number of carbonyl (C=O) groups is 1. The Bertz CT molecular complexity index is 176. The topological polar surface area (TPSA) is 58.4 Å². The maximum absolute atomic E-state index is 11.3. The van der Waals surface area contributed by atoms with Gasteiger partial charge in [-0.15, -0.1) is 0 Å². The molecule has 0 aromatic rings. The summed E-state index contributed by atoms with van der Waals surface area (Å²) in [4.78, 5) is 13.6. The van der Waals surface area contributed by atoms with E-state index in [4.69, 9.17) is 5.73 Å². The third kappa shape index (κ3) is 4.58. The van der Waals surface area contributed by atoms with E-state index in [0.717, 1.165) is 19.6 Å². The SMILES string of the molecule is CC(N)CNC(=O)CCN1CCCC1. The first-order chi connectivity index (χ1) is 6.68. The molecule has 4 heteroatoms. The van der Waals surface area contributed by atoms with Crippen molar-refractivity contribution in [3.63, 3.8) is 0 Å². The Morgan fingerprint density at radius 3 is 2.71 bits per heavy atom. The van der Waals surface area contributed by atoms with Crippen LogP contribution in [0.5, 0.6) is 0 Å². The van der Waals surface area contributed by atoms with Gasteiger partial charge in [0.15, 0.2) is 0 Å². The summed E-state index contributed by atoms with van der Waals surface area (Å²) >= 11 is 0. The van der Waals surface area contributed by atoms with Crippen LogP contribution in [0.1, 0.15) is 26.2 Å². The molecule has 82 valence electrons. The van der Waals surface area contributed by atoms with Crippen molar-refractivity contribution < 1.29 is 4.79 Å². The van der Waals surface area contributed by atoms with Crippen LogP contribution in [-0.4, -0.2) is 43.0 Å². The minimum atomic E-state index is 0.0470. The molecule has 0 saturated carbocycles. The second-order valence-electron chi connectivity index (χ2n) is 4.08. The first kappa shape index (κ1) is 11.5. The molecule has 3 N–H and O–H groups in total. The summed E-state index contributed by atoms with van der Waals surface area (Å²) in [5, 5.41) is 2.82. The van der Waals surface area contributed by atoms with E-state index in [0.29, 0.717) is 13.0 Å². The third-order valence-corrected chi connectivity index (χ3v) is 2.47. The van der Waals surface area contributed by atoms with Gasteiger partial charge in [-0.05, 0) is 32.9 Å². The van der Waals surface area contributed by atoms with Crippen LogP contribution in [0.2, 0.25) is 0 Å². The van der Waals surface area contributed by atoms with Crippen LogP contribution < -0.4 is 11.1 Å². The molecule has 0 spiro atoms. The first-order valence-electron chi connectivity index (χ1n) is 5.43. The van der Waals surface area contributed by atoms with Crippen LogP contribution in [0.3, 0.4) is 0 Å². The molecule has 1 aliphatic rings. The zero-order valence-corrected chi connectivity index (χ0v) is 8.96. The Morgan fingerprint density at radius 2 is 2.14 bits per heavy atom. The molecular weight excluding hydrogens is 178 g/mol. The lowest BCUT2D eigenvalue weighted by Crippen LogP contribution is -2.36. The highest BCUT2D eigenvalue weighted by Gasteiger charge is 2.12. The molecule has 1 saturated heterocycles. The zero-order chi connectivity index (χ0) is 10.4. The molecule has 14 heavy (non-hydrogen) atoms. The van der Waals surface area contributed by atoms with Gasteiger partial charge in [-0.3, -0.25) is 4.79 Å². The number of hydrogen-bond donors (Lipinski definition) is 2. The predicted octanol–water partition coefficient (Wildman–Crippen LogP) is -0.0643. The van der Waals surface area contributed by atoms with E-state index in [9.17, 15) is 4.79 Å². The molecule has 1 fully saturated rings. The van der Waals surface area contributed by atoms with Crippen molar-refractivity contribution in [1.29, 1.82) is 0 Å². The number of likely N-dealkylation sites (tertiary alicyclic amines) is 1. The Kier molecular flexibility index (Phi) is 4.90. The van der Waals surface area contributed by atoms with Gasteiger partial charge in [0.1, 0.15) is 0 Å². The van der Waals surface area contributed by atoms with Crippen LogP contribution >= 0.6 is 0 Å². The van der Waals surface area contributed by atoms with Crippen molar-refractivity contribution in [2.45, 2.75) is 32.2 Å². The molecule has 0 radical (unpaired) electrons. The van der Waals surface area contributed by atoms with Gasteiger partial charge in [0.05, 0.1) is 0 Å². The zero-order valence-electron chi connectivity index (χ0n) is 8.96. The van der Waals surface area contributed by atoms with Gasteiger partial charge in [0, 0.05) is 25.6 Å². The van der Waals surface area contributed by atoms with E-state index in [1.807, 2.05) is 6.92 Å². The molecule has 1 amide bonds. The predicted molar refractivity (Wildman–Crippen MR) is 57.0 cm³/mol. The molecule has 1 aliphatic heterocycles. The first-order valence-corrected chi connectivity index (χ1v) is 5.43. The fourth-order valence-electron chi connectivity index (χ4n) is 1.63. The summed E-state index contributed by atoms with van der Waals surface area (Å²) in [7, 11) is 0. The molecule has 1 heterocycles. The van der Waals surface area contributed by atoms with Gasteiger partial charge >= 0.3 is 0 Å². The summed E-state index contributed by atoms with van der Waals surface area (Å²) < 4.78 is 0. The van der Waals surface area contributed by atoms with Gasteiger partial charge in [0.2, 0.25) is 5.91 Å². The van der Waals surface area contributed by atoms with E-state index in [2.05, 4.69) is 10.2 Å². The fraction of sp³-hybridized carbons (Fsp3) is 0.900. The lowest BCUT2D eigenvalue weighted by atomic mass is 10.3. The van der Waals surface area contributed by atoms with Crippen molar-refractivity contribution in [3.05, 3.63) is 0 Å². The Balaban J connectivity index is 2.02. The van der Waals surface area contributed by atoms with Gasteiger partial charge in [-0.25, -0.2) is 0 Å². The average molecular weight is 199 g/mol. The molecule has 1 rings (SSSR count). The number of nitrogens with two attached hydrogens (primary N) is 1. The lowest BCUT2D eigenvalue weighted by Gasteiger charge is -2.14. The summed E-state index contributed by atoms with van der Waals surface area (Å²) in [5.74, 6) is 0.120. The van der Waals surface area contributed by atoms with Crippen LogP contribution in [0, 0.1) is 0 Å². The van der Waals surface area contributed by atoms with Crippen molar-refractivity contribution in [2.24, 2.45) is 5.73 Å². The van der Waals surface area contributed by atoms with Crippen LogP contribution in [0.15, 0.2) is 0 Å². The van der Waals surface area contributed by atoms with Crippen LogP contribution in [0.25, 0.3) is 0 Å². The third-order valence-electron chi connectivity index (χ3n) is 2.47. The Hall–Kier alpha value is -0.610. The van der Waals surface area contributed by atoms with Crippen LogP contribution in [0.4, 0.5) is 0 Å². The summed E-state index contributed by atoms with van der Waals surface area (Å²) in [6.45, 7) is 5.67. The standard InChI is InChI=1S/C10H21N3O/c1-9(11)8-12-10(14)4-7-13-5-2-3-6-13/h9H,2-8,11H2,1H3,(H,12,14). The van der Waals surface area contributed by atoms with E-state index in [1.54, 1.807) is 0 Å². The summed E-state index contributed by atoms with van der Waals surface area (Å²) in [5.41, 5.74) is 5.53. The summed E-state index contributed by atoms with van der Waals surface area (Å²) in [6, 6.07) is 0.0470. The van der Waals surface area contributed by atoms with Gasteiger partial charge in [-0.2, -0.15) is 0 Å². The molecule has 1 atom stereocenters. The van der Waals surface area contributed by atoms with Crippen molar-refractivity contribution >= 4 is 5.91 Å². The minimum Gasteiger partial charge on any atom is -0.355 e. The number of hydrogen-bond acceptors (Lipinski definition) is 3. The van der Waals surface area contributed by atoms with Gasteiger partial charge < -0.3 is 16.0 Å². The minimum absolute atomic E-state index is 0.0470. The second-order valence-corrected chi connectivity index (χ2v) is 4.08. The maximum Gasteiger partial charge on any atom is 0.221 e. The smallest absolute Gasteiger partial charge is 0.221 e. The van der Waals surface area contributed by atoms with Crippen molar-refractivity contribution in [3.8, 4) is 0 Å². The monoisotopic (exact) mass is 199 g/mol. The van der Waals surface area contributed by atoms with E-state index in [1.165, 1.54) is 12.8 Å². The number of rotatable bonds is 5. The maximum atomic E-state index is 11.3. The van der Waals surface area contributed by atoms with Gasteiger partial charge in [0.25, 0.3) is 0 Å². The number of nitrogens with one attached hydrogen (secondary N) is 1. The quantitative estimate of drug-likeness (QED) is 0.652. The van der Waals surface area contributed by atoms with Crippen molar-refractivity contribution in [1.82, 2.24) is 10.2 Å². The van der Waals surface area contributed by atoms with Crippen LogP contribution in [-0.2, 0) is 4.79 Å². The highest BCUT2D eigenvalue weighted by Crippen LogP contribution is 2.06.